The number of pyridine rings is 1. The quantitative estimate of drug-likeness (QED) is 0.566. The summed E-state index contributed by atoms with van der Waals surface area (Å²) < 4.78 is 112. The molecule has 1 nitrogen and oxygen atoms in total. The number of benzene rings is 1. The Labute approximate surface area is 142 Å². The number of fused-ring (bicyclic) bond motifs is 1. The lowest BCUT2D eigenvalue weighted by molar-refractivity contribution is -0.386. The van der Waals surface area contributed by atoms with Gasteiger partial charge in [0.1, 0.15) is 0 Å². The van der Waals surface area contributed by atoms with Crippen molar-refractivity contribution in [2.24, 2.45) is 0 Å². The Hall–Kier alpha value is -2.19. The molecule has 2 aromatic rings. The third kappa shape index (κ3) is 2.12. The van der Waals surface area contributed by atoms with E-state index in [0.717, 1.165) is 0 Å². The molecule has 26 heavy (non-hydrogen) atoms. The van der Waals surface area contributed by atoms with Crippen molar-refractivity contribution in [3.05, 3.63) is 52.7 Å². The van der Waals surface area contributed by atoms with E-state index < -0.39 is 40.5 Å². The van der Waals surface area contributed by atoms with E-state index in [1.165, 1.54) is 12.1 Å². The topological polar surface area (TPSA) is 12.9 Å². The fourth-order valence-corrected chi connectivity index (χ4v) is 3.09. The van der Waals surface area contributed by atoms with Crippen molar-refractivity contribution in [2.75, 3.05) is 0 Å². The normalized spacial score (nSPS) is 21.9. The molecule has 1 aromatic carbocycles. The van der Waals surface area contributed by atoms with Gasteiger partial charge in [0, 0.05) is 17.3 Å². The first-order valence-corrected chi connectivity index (χ1v) is 7.35. The zero-order valence-electron chi connectivity index (χ0n) is 13.4. The van der Waals surface area contributed by atoms with E-state index in [-0.39, 0.29) is 11.6 Å². The SMILES string of the molecule is Cc1cc(C)cc(-c2nccc3c2C(F)(F)C(F)(F)C(F)(F)C3(F)F)c1. The van der Waals surface area contributed by atoms with E-state index >= 15 is 0 Å². The summed E-state index contributed by atoms with van der Waals surface area (Å²) in [7, 11) is 0. The molecular formula is C17H11F8N. The standard InChI is InChI=1S/C17H11F8N/c1-8-5-9(2)7-10(6-8)13-12-11(3-4-26-13)14(18,19)16(22,23)17(24,25)15(12,20)21/h3-7H,1-2H3. The molecule has 9 heteroatoms. The number of nitrogens with zero attached hydrogens (tertiary/aromatic N) is 1. The molecule has 0 unspecified atom stereocenters. The molecule has 0 spiro atoms. The van der Waals surface area contributed by atoms with E-state index in [0.29, 0.717) is 17.3 Å². The average Bonchev–Trinajstić information content (AvgIpc) is 2.51. The first-order valence-electron chi connectivity index (χ1n) is 7.35. The van der Waals surface area contributed by atoms with Crippen LogP contribution in [0.5, 0.6) is 0 Å². The number of halogens is 8. The van der Waals surface area contributed by atoms with Crippen LogP contribution in [-0.4, -0.2) is 16.8 Å². The maximum Gasteiger partial charge on any atom is 0.383 e. The molecule has 0 atom stereocenters. The Kier molecular flexibility index (Phi) is 3.70. The van der Waals surface area contributed by atoms with E-state index in [9.17, 15) is 35.1 Å². The third-order valence-electron chi connectivity index (χ3n) is 4.28. The van der Waals surface area contributed by atoms with Crippen molar-refractivity contribution < 1.29 is 35.1 Å². The maximum atomic E-state index is 14.4. The molecule has 0 bridgehead atoms. The highest BCUT2D eigenvalue weighted by molar-refractivity contribution is 5.69. The van der Waals surface area contributed by atoms with E-state index in [1.807, 2.05) is 0 Å². The average molecular weight is 381 g/mol. The molecule has 0 amide bonds. The number of hydrogen-bond donors (Lipinski definition) is 0. The summed E-state index contributed by atoms with van der Waals surface area (Å²) in [5.41, 5.74) is -3.71. The number of rotatable bonds is 1. The summed E-state index contributed by atoms with van der Waals surface area (Å²) >= 11 is 0. The van der Waals surface area contributed by atoms with Gasteiger partial charge in [-0.2, -0.15) is 35.1 Å². The molecule has 3 rings (SSSR count). The summed E-state index contributed by atoms with van der Waals surface area (Å²) in [5, 5.41) is 0. The Bertz CT molecular complexity index is 868. The smallest absolute Gasteiger partial charge is 0.256 e. The van der Waals surface area contributed by atoms with E-state index in [2.05, 4.69) is 4.98 Å². The van der Waals surface area contributed by atoms with Gasteiger partial charge in [-0.3, -0.25) is 4.98 Å². The van der Waals surface area contributed by atoms with Crippen LogP contribution in [0.25, 0.3) is 11.3 Å². The minimum Gasteiger partial charge on any atom is -0.256 e. The monoisotopic (exact) mass is 381 g/mol. The van der Waals surface area contributed by atoms with Gasteiger partial charge in [0.15, 0.2) is 0 Å². The van der Waals surface area contributed by atoms with Crippen molar-refractivity contribution in [2.45, 2.75) is 37.5 Å². The fraction of sp³-hybridized carbons (Fsp3) is 0.353. The molecule has 1 aromatic heterocycles. The van der Waals surface area contributed by atoms with Crippen LogP contribution in [0.3, 0.4) is 0 Å². The Morgan fingerprint density at radius 2 is 1.23 bits per heavy atom. The van der Waals surface area contributed by atoms with Gasteiger partial charge in [0.2, 0.25) is 0 Å². The van der Waals surface area contributed by atoms with Crippen LogP contribution < -0.4 is 0 Å². The van der Waals surface area contributed by atoms with Gasteiger partial charge in [-0.15, -0.1) is 0 Å². The van der Waals surface area contributed by atoms with Gasteiger partial charge >= 0.3 is 23.7 Å². The molecule has 0 saturated carbocycles. The number of hydrogen-bond acceptors (Lipinski definition) is 1. The number of aryl methyl sites for hydroxylation is 2. The fourth-order valence-electron chi connectivity index (χ4n) is 3.09. The first kappa shape index (κ1) is 18.6. The summed E-state index contributed by atoms with van der Waals surface area (Å²) in [6.45, 7) is 3.14. The highest BCUT2D eigenvalue weighted by Gasteiger charge is 2.85. The first-order chi connectivity index (χ1) is 11.7. The van der Waals surface area contributed by atoms with Crippen LogP contribution in [-0.2, 0) is 11.8 Å². The maximum absolute atomic E-state index is 14.4. The largest absolute Gasteiger partial charge is 0.383 e. The molecule has 0 fully saturated rings. The van der Waals surface area contributed by atoms with Crippen LogP contribution in [0.2, 0.25) is 0 Å². The predicted molar refractivity (Wildman–Crippen MR) is 76.8 cm³/mol. The van der Waals surface area contributed by atoms with E-state index in [1.54, 1.807) is 19.9 Å². The zero-order valence-corrected chi connectivity index (χ0v) is 13.4. The van der Waals surface area contributed by atoms with Gasteiger partial charge in [-0.25, -0.2) is 0 Å². The molecule has 1 aliphatic rings. The molecule has 0 radical (unpaired) electrons. The molecular weight excluding hydrogens is 370 g/mol. The summed E-state index contributed by atoms with van der Waals surface area (Å²) in [6.07, 6.45) is 0.620. The lowest BCUT2D eigenvalue weighted by atomic mass is 9.78. The van der Waals surface area contributed by atoms with Crippen LogP contribution in [0.1, 0.15) is 22.3 Å². The van der Waals surface area contributed by atoms with Crippen LogP contribution in [0.15, 0.2) is 30.5 Å². The van der Waals surface area contributed by atoms with Crippen molar-refractivity contribution in [3.63, 3.8) is 0 Å². The molecule has 0 aliphatic heterocycles. The summed E-state index contributed by atoms with van der Waals surface area (Å²) in [5.74, 6) is -23.6. The lowest BCUT2D eigenvalue weighted by Gasteiger charge is -2.43. The highest BCUT2D eigenvalue weighted by atomic mass is 19.4. The molecule has 140 valence electrons. The van der Waals surface area contributed by atoms with E-state index in [4.69, 9.17) is 0 Å². The summed E-state index contributed by atoms with van der Waals surface area (Å²) in [6, 6.07) is 4.40. The van der Waals surface area contributed by atoms with Crippen LogP contribution >= 0.6 is 0 Å². The van der Waals surface area contributed by atoms with Gasteiger partial charge in [0.05, 0.1) is 11.3 Å². The Morgan fingerprint density at radius 1 is 0.731 bits per heavy atom. The lowest BCUT2D eigenvalue weighted by Crippen LogP contribution is -2.64. The van der Waals surface area contributed by atoms with Crippen LogP contribution in [0, 0.1) is 13.8 Å². The Balaban J connectivity index is 2.43. The minimum atomic E-state index is -6.30. The van der Waals surface area contributed by atoms with Gasteiger partial charge in [0.25, 0.3) is 0 Å². The second kappa shape index (κ2) is 5.17. The second-order valence-electron chi connectivity index (χ2n) is 6.26. The summed E-state index contributed by atoms with van der Waals surface area (Å²) in [4.78, 5) is 3.53. The van der Waals surface area contributed by atoms with Crippen molar-refractivity contribution in [1.82, 2.24) is 4.98 Å². The van der Waals surface area contributed by atoms with Crippen LogP contribution in [0.4, 0.5) is 35.1 Å². The molecule has 1 heterocycles. The van der Waals surface area contributed by atoms with Gasteiger partial charge < -0.3 is 0 Å². The Morgan fingerprint density at radius 3 is 1.77 bits per heavy atom. The van der Waals surface area contributed by atoms with Gasteiger partial charge in [-0.05, 0) is 32.0 Å². The number of aromatic nitrogens is 1. The van der Waals surface area contributed by atoms with Gasteiger partial charge in [-0.1, -0.05) is 17.2 Å². The third-order valence-corrected chi connectivity index (χ3v) is 4.28. The minimum absolute atomic E-state index is 0.143. The predicted octanol–water partition coefficient (Wildman–Crippen LogP) is 5.83. The molecule has 0 N–H and O–H groups in total. The molecule has 0 saturated heterocycles. The van der Waals surface area contributed by atoms with Crippen molar-refractivity contribution >= 4 is 0 Å². The highest BCUT2D eigenvalue weighted by Crippen LogP contribution is 2.65. The second-order valence-corrected chi connectivity index (χ2v) is 6.26. The molecule has 1 aliphatic carbocycles. The van der Waals surface area contributed by atoms with Crippen molar-refractivity contribution in [3.8, 4) is 11.3 Å². The van der Waals surface area contributed by atoms with Crippen molar-refractivity contribution in [1.29, 1.82) is 0 Å². The zero-order chi connectivity index (χ0) is 19.7. The number of alkyl halides is 8.